The van der Waals surface area contributed by atoms with Crippen LogP contribution in [0.2, 0.25) is 0 Å². The molecule has 6 heteroatoms. The van der Waals surface area contributed by atoms with Gasteiger partial charge in [0.15, 0.2) is 0 Å². The van der Waals surface area contributed by atoms with Crippen molar-refractivity contribution in [3.8, 4) is 0 Å². The van der Waals surface area contributed by atoms with Gasteiger partial charge < -0.3 is 5.32 Å². The maximum absolute atomic E-state index is 13.2. The van der Waals surface area contributed by atoms with Crippen molar-refractivity contribution in [1.29, 1.82) is 0 Å². The van der Waals surface area contributed by atoms with Crippen LogP contribution in [0.1, 0.15) is 22.6 Å². The Hall–Kier alpha value is -2.96. The molecule has 0 aliphatic carbocycles. The van der Waals surface area contributed by atoms with Crippen LogP contribution in [-0.2, 0) is 14.8 Å². The fourth-order valence-electron chi connectivity index (χ4n) is 3.15. The molecule has 0 aliphatic rings. The van der Waals surface area contributed by atoms with E-state index in [0.29, 0.717) is 11.3 Å². The van der Waals surface area contributed by atoms with Gasteiger partial charge in [-0.15, -0.1) is 0 Å². The van der Waals surface area contributed by atoms with E-state index in [1.54, 1.807) is 19.1 Å². The fraction of sp³-hybridized carbons (Fsp3) is 0.174. The van der Waals surface area contributed by atoms with Gasteiger partial charge in [-0.1, -0.05) is 66.7 Å². The number of nitrogens with one attached hydrogen (secondary N) is 1. The molecule has 3 rings (SSSR count). The Morgan fingerprint density at radius 2 is 1.38 bits per heavy atom. The van der Waals surface area contributed by atoms with Crippen LogP contribution in [0, 0.1) is 6.92 Å². The van der Waals surface area contributed by atoms with E-state index >= 15 is 0 Å². The summed E-state index contributed by atoms with van der Waals surface area (Å²) in [6.07, 6.45) is 0. The molecular weight excluding hydrogens is 384 g/mol. The topological polar surface area (TPSA) is 66.5 Å². The second kappa shape index (κ2) is 8.59. The molecule has 0 fully saturated rings. The second-order valence-corrected chi connectivity index (χ2v) is 9.13. The summed E-state index contributed by atoms with van der Waals surface area (Å²) in [6, 6.07) is 24.0. The SMILES string of the molecule is Cc1ccc(NC(=O)C(c2ccccc2)c2ccccc2)cc1S(=O)(=O)N(C)C. The first-order chi connectivity index (χ1) is 13.8. The zero-order valence-corrected chi connectivity index (χ0v) is 17.5. The molecule has 0 saturated carbocycles. The summed E-state index contributed by atoms with van der Waals surface area (Å²) in [5.41, 5.74) is 2.80. The smallest absolute Gasteiger partial charge is 0.242 e. The van der Waals surface area contributed by atoms with E-state index in [9.17, 15) is 13.2 Å². The largest absolute Gasteiger partial charge is 0.325 e. The van der Waals surface area contributed by atoms with E-state index in [1.165, 1.54) is 20.2 Å². The molecular formula is C23H24N2O3S. The number of carbonyl (C=O) groups excluding carboxylic acids is 1. The Kier molecular flexibility index (Phi) is 6.15. The highest BCUT2D eigenvalue weighted by atomic mass is 32.2. The Morgan fingerprint density at radius 3 is 1.86 bits per heavy atom. The predicted octanol–water partition coefficient (Wildman–Crippen LogP) is 4.02. The summed E-state index contributed by atoms with van der Waals surface area (Å²) in [4.78, 5) is 13.4. The first-order valence-corrected chi connectivity index (χ1v) is 10.7. The summed E-state index contributed by atoms with van der Waals surface area (Å²) in [6.45, 7) is 1.73. The van der Waals surface area contributed by atoms with Gasteiger partial charge in [-0.2, -0.15) is 0 Å². The van der Waals surface area contributed by atoms with Gasteiger partial charge in [0.2, 0.25) is 15.9 Å². The summed E-state index contributed by atoms with van der Waals surface area (Å²) < 4.78 is 26.3. The monoisotopic (exact) mass is 408 g/mol. The lowest BCUT2D eigenvalue weighted by atomic mass is 9.90. The lowest BCUT2D eigenvalue weighted by Crippen LogP contribution is -2.24. The number of aryl methyl sites for hydroxylation is 1. The van der Waals surface area contributed by atoms with Gasteiger partial charge in [0.25, 0.3) is 0 Å². The summed E-state index contributed by atoms with van der Waals surface area (Å²) in [7, 11) is -0.634. The van der Waals surface area contributed by atoms with Gasteiger partial charge in [-0.05, 0) is 35.7 Å². The second-order valence-electron chi connectivity index (χ2n) is 7.01. The lowest BCUT2D eigenvalue weighted by Gasteiger charge is -2.19. The average Bonchev–Trinajstić information content (AvgIpc) is 2.71. The molecule has 0 heterocycles. The van der Waals surface area contributed by atoms with Crippen LogP contribution in [0.5, 0.6) is 0 Å². The number of amides is 1. The van der Waals surface area contributed by atoms with Crippen molar-refractivity contribution >= 4 is 21.6 Å². The number of hydrogen-bond donors (Lipinski definition) is 1. The quantitative estimate of drug-likeness (QED) is 0.670. The van der Waals surface area contributed by atoms with Gasteiger partial charge >= 0.3 is 0 Å². The van der Waals surface area contributed by atoms with E-state index < -0.39 is 15.9 Å². The molecule has 5 nitrogen and oxygen atoms in total. The highest BCUT2D eigenvalue weighted by Gasteiger charge is 2.24. The van der Waals surface area contributed by atoms with Gasteiger partial charge in [0, 0.05) is 19.8 Å². The van der Waals surface area contributed by atoms with E-state index in [-0.39, 0.29) is 10.8 Å². The van der Waals surface area contributed by atoms with E-state index in [0.717, 1.165) is 15.4 Å². The molecule has 1 N–H and O–H groups in total. The number of rotatable bonds is 6. The highest BCUT2D eigenvalue weighted by Crippen LogP contribution is 2.28. The molecule has 0 spiro atoms. The fourth-order valence-corrected chi connectivity index (χ4v) is 4.30. The van der Waals surface area contributed by atoms with Crippen molar-refractivity contribution in [3.63, 3.8) is 0 Å². The summed E-state index contributed by atoms with van der Waals surface area (Å²) in [5.74, 6) is -0.730. The molecule has 0 unspecified atom stereocenters. The third-order valence-electron chi connectivity index (χ3n) is 4.74. The molecule has 0 saturated heterocycles. The van der Waals surface area contributed by atoms with Crippen LogP contribution >= 0.6 is 0 Å². The Balaban J connectivity index is 1.97. The van der Waals surface area contributed by atoms with Crippen molar-refractivity contribution in [2.45, 2.75) is 17.7 Å². The number of anilines is 1. The van der Waals surface area contributed by atoms with Gasteiger partial charge in [0.1, 0.15) is 0 Å². The maximum atomic E-state index is 13.2. The van der Waals surface area contributed by atoms with Crippen LogP contribution in [0.4, 0.5) is 5.69 Å². The number of carbonyl (C=O) groups is 1. The Morgan fingerprint density at radius 1 is 0.862 bits per heavy atom. The number of hydrogen-bond acceptors (Lipinski definition) is 3. The lowest BCUT2D eigenvalue weighted by molar-refractivity contribution is -0.116. The highest BCUT2D eigenvalue weighted by molar-refractivity contribution is 7.89. The third kappa shape index (κ3) is 4.55. The molecule has 1 amide bonds. The maximum Gasteiger partial charge on any atom is 0.242 e. The first-order valence-electron chi connectivity index (χ1n) is 9.24. The predicted molar refractivity (Wildman–Crippen MR) is 115 cm³/mol. The minimum atomic E-state index is -3.61. The third-order valence-corrected chi connectivity index (χ3v) is 6.70. The normalized spacial score (nSPS) is 11.6. The van der Waals surface area contributed by atoms with Gasteiger partial charge in [-0.3, -0.25) is 4.79 Å². The average molecular weight is 409 g/mol. The molecule has 0 atom stereocenters. The van der Waals surface area contributed by atoms with Gasteiger partial charge in [-0.25, -0.2) is 12.7 Å². The molecule has 3 aromatic rings. The van der Waals surface area contributed by atoms with Crippen molar-refractivity contribution < 1.29 is 13.2 Å². The van der Waals surface area contributed by atoms with Crippen LogP contribution in [0.15, 0.2) is 83.8 Å². The standard InChI is InChI=1S/C23H24N2O3S/c1-17-14-15-20(16-21(17)29(27,28)25(2)3)24-23(26)22(18-10-6-4-7-11-18)19-12-8-5-9-13-19/h4-16,22H,1-3H3,(H,24,26). The molecule has 0 aliphatic heterocycles. The van der Waals surface area contributed by atoms with Gasteiger partial charge in [0.05, 0.1) is 10.8 Å². The zero-order chi connectivity index (χ0) is 21.0. The van der Waals surface area contributed by atoms with Crippen molar-refractivity contribution in [2.75, 3.05) is 19.4 Å². The summed E-state index contributed by atoms with van der Waals surface area (Å²) in [5, 5.41) is 2.90. The number of benzene rings is 3. The minimum Gasteiger partial charge on any atom is -0.325 e. The molecule has 150 valence electrons. The first kappa shape index (κ1) is 20.8. The molecule has 3 aromatic carbocycles. The van der Waals surface area contributed by atoms with Crippen LogP contribution in [-0.4, -0.2) is 32.7 Å². The molecule has 0 radical (unpaired) electrons. The van der Waals surface area contributed by atoms with E-state index in [4.69, 9.17) is 0 Å². The zero-order valence-electron chi connectivity index (χ0n) is 16.7. The Labute approximate surface area is 172 Å². The van der Waals surface area contributed by atoms with Crippen molar-refractivity contribution in [1.82, 2.24) is 4.31 Å². The van der Waals surface area contributed by atoms with Crippen LogP contribution in [0.25, 0.3) is 0 Å². The Bertz CT molecular complexity index is 1060. The van der Waals surface area contributed by atoms with Crippen molar-refractivity contribution in [2.24, 2.45) is 0 Å². The van der Waals surface area contributed by atoms with Crippen LogP contribution < -0.4 is 5.32 Å². The van der Waals surface area contributed by atoms with Crippen molar-refractivity contribution in [3.05, 3.63) is 95.6 Å². The number of sulfonamides is 1. The minimum absolute atomic E-state index is 0.177. The number of nitrogens with zero attached hydrogens (tertiary/aromatic N) is 1. The molecule has 0 bridgehead atoms. The van der Waals surface area contributed by atoms with E-state index in [1.807, 2.05) is 60.7 Å². The molecule has 29 heavy (non-hydrogen) atoms. The molecule has 0 aromatic heterocycles. The summed E-state index contributed by atoms with van der Waals surface area (Å²) >= 11 is 0. The van der Waals surface area contributed by atoms with E-state index in [2.05, 4.69) is 5.32 Å². The van der Waals surface area contributed by atoms with Crippen LogP contribution in [0.3, 0.4) is 0 Å².